The van der Waals surface area contributed by atoms with Gasteiger partial charge in [0.1, 0.15) is 5.76 Å². The van der Waals surface area contributed by atoms with Crippen molar-refractivity contribution in [1.82, 2.24) is 15.3 Å². The molecule has 7 nitrogen and oxygen atoms in total. The zero-order chi connectivity index (χ0) is 21.0. The maximum absolute atomic E-state index is 11.9. The van der Waals surface area contributed by atoms with Gasteiger partial charge in [-0.3, -0.25) is 9.59 Å². The van der Waals surface area contributed by atoms with Crippen molar-refractivity contribution in [2.75, 3.05) is 0 Å². The molecule has 0 atom stereocenters. The van der Waals surface area contributed by atoms with E-state index in [0.717, 1.165) is 22.6 Å². The molecule has 0 unspecified atom stereocenters. The van der Waals surface area contributed by atoms with E-state index in [4.69, 9.17) is 4.42 Å². The highest BCUT2D eigenvalue weighted by molar-refractivity contribution is 6.35. The van der Waals surface area contributed by atoms with E-state index in [1.54, 1.807) is 18.3 Å². The minimum Gasteiger partial charge on any atom is -0.467 e. The van der Waals surface area contributed by atoms with Crippen molar-refractivity contribution in [1.29, 1.82) is 0 Å². The van der Waals surface area contributed by atoms with Crippen LogP contribution >= 0.6 is 0 Å². The average molecular weight is 392 g/mol. The van der Waals surface area contributed by atoms with Gasteiger partial charge in [-0.1, -0.05) is 12.1 Å². The lowest BCUT2D eigenvalue weighted by Gasteiger charge is -2.13. The number of hydrazone groups is 1. The summed E-state index contributed by atoms with van der Waals surface area (Å²) in [5, 5.41) is 6.40. The van der Waals surface area contributed by atoms with Crippen LogP contribution in [0.25, 0.3) is 5.69 Å². The lowest BCUT2D eigenvalue weighted by atomic mass is 10.1. The summed E-state index contributed by atoms with van der Waals surface area (Å²) in [4.78, 5) is 23.7. The Morgan fingerprint density at radius 2 is 1.90 bits per heavy atom. The molecule has 2 N–H and O–H groups in total. The number of hydrogen-bond acceptors (Lipinski definition) is 4. The Kier molecular flexibility index (Phi) is 5.97. The molecule has 2 aromatic heterocycles. The first kappa shape index (κ1) is 20.1. The SMILES string of the molecule is Cc1ccc(C)c(-n2c(C)cc(/C=N\NC(=O)C(=O)NCc3ccco3)c2C)c1. The Morgan fingerprint density at radius 1 is 1.10 bits per heavy atom. The fourth-order valence-corrected chi connectivity index (χ4v) is 3.12. The van der Waals surface area contributed by atoms with Gasteiger partial charge in [0, 0.05) is 22.6 Å². The molecule has 0 spiro atoms. The van der Waals surface area contributed by atoms with Crippen molar-refractivity contribution in [3.8, 4) is 5.69 Å². The highest BCUT2D eigenvalue weighted by Gasteiger charge is 2.14. The summed E-state index contributed by atoms with van der Waals surface area (Å²) in [5.41, 5.74) is 8.63. The molecular formula is C22H24N4O3. The smallest absolute Gasteiger partial charge is 0.329 e. The Labute approximate surface area is 169 Å². The van der Waals surface area contributed by atoms with E-state index in [0.29, 0.717) is 5.76 Å². The van der Waals surface area contributed by atoms with E-state index in [1.165, 1.54) is 17.4 Å². The van der Waals surface area contributed by atoms with Gasteiger partial charge in [-0.15, -0.1) is 0 Å². The van der Waals surface area contributed by atoms with Crippen LogP contribution in [0.1, 0.15) is 33.8 Å². The lowest BCUT2D eigenvalue weighted by molar-refractivity contribution is -0.139. The number of rotatable bonds is 5. The van der Waals surface area contributed by atoms with Gasteiger partial charge in [0.05, 0.1) is 19.0 Å². The second-order valence-electron chi connectivity index (χ2n) is 6.91. The Balaban J connectivity index is 1.67. The quantitative estimate of drug-likeness (QED) is 0.397. The summed E-state index contributed by atoms with van der Waals surface area (Å²) in [7, 11) is 0. The van der Waals surface area contributed by atoms with Crippen LogP contribution in [0.15, 0.2) is 52.2 Å². The van der Waals surface area contributed by atoms with Crippen molar-refractivity contribution >= 4 is 18.0 Å². The van der Waals surface area contributed by atoms with Gasteiger partial charge in [-0.25, -0.2) is 5.43 Å². The number of amides is 2. The van der Waals surface area contributed by atoms with E-state index in [1.807, 2.05) is 19.9 Å². The van der Waals surface area contributed by atoms with Gasteiger partial charge in [-0.2, -0.15) is 5.10 Å². The Morgan fingerprint density at radius 3 is 2.62 bits per heavy atom. The number of nitrogens with one attached hydrogen (secondary N) is 2. The molecule has 7 heteroatoms. The van der Waals surface area contributed by atoms with Crippen LogP contribution in [0, 0.1) is 27.7 Å². The minimum absolute atomic E-state index is 0.139. The first-order valence-corrected chi connectivity index (χ1v) is 9.27. The summed E-state index contributed by atoms with van der Waals surface area (Å²) in [6.45, 7) is 8.29. The first-order chi connectivity index (χ1) is 13.9. The van der Waals surface area contributed by atoms with Crippen molar-refractivity contribution < 1.29 is 14.0 Å². The fraction of sp³-hybridized carbons (Fsp3) is 0.227. The molecule has 0 radical (unpaired) electrons. The summed E-state index contributed by atoms with van der Waals surface area (Å²) in [5.74, 6) is -1.05. The van der Waals surface area contributed by atoms with E-state index in [2.05, 4.69) is 52.5 Å². The summed E-state index contributed by atoms with van der Waals surface area (Å²) in [6.07, 6.45) is 3.04. The maximum Gasteiger partial charge on any atom is 0.329 e. The number of nitrogens with zero attached hydrogens (tertiary/aromatic N) is 2. The third kappa shape index (κ3) is 4.63. The molecule has 0 fully saturated rings. The van der Waals surface area contributed by atoms with E-state index in [-0.39, 0.29) is 6.54 Å². The molecule has 0 aliphatic heterocycles. The molecule has 0 aliphatic carbocycles. The number of carbonyl (C=O) groups excluding carboxylic acids is 2. The van der Waals surface area contributed by atoms with Gasteiger partial charge in [-0.05, 0) is 63.1 Å². The number of aryl methyl sites for hydroxylation is 3. The highest BCUT2D eigenvalue weighted by atomic mass is 16.3. The third-order valence-corrected chi connectivity index (χ3v) is 4.66. The zero-order valence-electron chi connectivity index (χ0n) is 16.9. The number of hydrogen-bond donors (Lipinski definition) is 2. The molecule has 0 saturated heterocycles. The molecule has 0 bridgehead atoms. The predicted molar refractivity (Wildman–Crippen MR) is 111 cm³/mol. The van der Waals surface area contributed by atoms with Crippen molar-refractivity contribution in [2.24, 2.45) is 5.10 Å². The molecule has 150 valence electrons. The van der Waals surface area contributed by atoms with Gasteiger partial charge in [0.15, 0.2) is 0 Å². The number of furan rings is 1. The zero-order valence-corrected chi connectivity index (χ0v) is 16.9. The van der Waals surface area contributed by atoms with Gasteiger partial charge >= 0.3 is 11.8 Å². The molecule has 1 aromatic carbocycles. The predicted octanol–water partition coefficient (Wildman–Crippen LogP) is 3.07. The topological polar surface area (TPSA) is 88.6 Å². The molecule has 0 saturated carbocycles. The van der Waals surface area contributed by atoms with Gasteiger partial charge in [0.25, 0.3) is 0 Å². The molecule has 3 rings (SSSR count). The number of carbonyl (C=O) groups is 2. The Hall–Kier alpha value is -3.61. The molecule has 2 amide bonds. The van der Waals surface area contributed by atoms with Crippen LogP contribution in [0.2, 0.25) is 0 Å². The van der Waals surface area contributed by atoms with Gasteiger partial charge in [0.2, 0.25) is 0 Å². The third-order valence-electron chi connectivity index (χ3n) is 4.66. The number of benzene rings is 1. The molecular weight excluding hydrogens is 368 g/mol. The van der Waals surface area contributed by atoms with Crippen molar-refractivity contribution in [3.63, 3.8) is 0 Å². The molecule has 0 aliphatic rings. The van der Waals surface area contributed by atoms with Crippen LogP contribution in [0.5, 0.6) is 0 Å². The van der Waals surface area contributed by atoms with E-state index < -0.39 is 11.8 Å². The highest BCUT2D eigenvalue weighted by Crippen LogP contribution is 2.23. The van der Waals surface area contributed by atoms with Crippen LogP contribution < -0.4 is 10.7 Å². The first-order valence-electron chi connectivity index (χ1n) is 9.27. The standard InChI is InChI=1S/C22H24N4O3/c1-14-7-8-15(2)20(10-14)26-16(3)11-18(17(26)4)12-24-25-22(28)21(27)23-13-19-6-5-9-29-19/h5-12H,13H2,1-4H3,(H,23,27)(H,25,28)/b24-12-. The summed E-state index contributed by atoms with van der Waals surface area (Å²) in [6, 6.07) is 11.7. The monoisotopic (exact) mass is 392 g/mol. The lowest BCUT2D eigenvalue weighted by Crippen LogP contribution is -2.37. The van der Waals surface area contributed by atoms with E-state index >= 15 is 0 Å². The minimum atomic E-state index is -0.837. The van der Waals surface area contributed by atoms with Crippen LogP contribution in [0.4, 0.5) is 0 Å². The maximum atomic E-state index is 11.9. The molecule has 29 heavy (non-hydrogen) atoms. The largest absolute Gasteiger partial charge is 0.467 e. The molecule has 3 aromatic rings. The van der Waals surface area contributed by atoms with Gasteiger partial charge < -0.3 is 14.3 Å². The molecule has 2 heterocycles. The van der Waals surface area contributed by atoms with Crippen LogP contribution in [-0.4, -0.2) is 22.6 Å². The summed E-state index contributed by atoms with van der Waals surface area (Å²) < 4.78 is 7.26. The summed E-state index contributed by atoms with van der Waals surface area (Å²) >= 11 is 0. The van der Waals surface area contributed by atoms with E-state index in [9.17, 15) is 9.59 Å². The van der Waals surface area contributed by atoms with Crippen molar-refractivity contribution in [3.05, 3.63) is 76.5 Å². The Bertz CT molecular complexity index is 1060. The van der Waals surface area contributed by atoms with Crippen LogP contribution in [-0.2, 0) is 16.1 Å². The second kappa shape index (κ2) is 8.60. The van der Waals surface area contributed by atoms with Crippen LogP contribution in [0.3, 0.4) is 0 Å². The van der Waals surface area contributed by atoms with Crippen molar-refractivity contribution in [2.45, 2.75) is 34.2 Å². The average Bonchev–Trinajstić information content (AvgIpc) is 3.30. The fourth-order valence-electron chi connectivity index (χ4n) is 3.12. The normalized spacial score (nSPS) is 11.0. The second-order valence-corrected chi connectivity index (χ2v) is 6.91. The number of aromatic nitrogens is 1.